The molecular formula is C11H15NS. The molecule has 1 nitrogen and oxygen atoms in total. The van der Waals surface area contributed by atoms with Crippen LogP contribution in [0.2, 0.25) is 0 Å². The van der Waals surface area contributed by atoms with Crippen LogP contribution in [0.25, 0.3) is 0 Å². The Bertz CT molecular complexity index is 309. The Kier molecular flexibility index (Phi) is 2.49. The first-order valence-corrected chi connectivity index (χ1v) is 5.69. The fourth-order valence-corrected chi connectivity index (χ4v) is 2.80. The lowest BCUT2D eigenvalue weighted by molar-refractivity contribution is 0.840. The first kappa shape index (κ1) is 8.95. The SMILES string of the molecule is CCC1CNc2cccc(C)c2S1. The molecule has 0 spiro atoms. The molecule has 1 atom stereocenters. The van der Waals surface area contributed by atoms with Crippen molar-refractivity contribution in [2.45, 2.75) is 30.4 Å². The molecule has 1 heterocycles. The number of benzene rings is 1. The second-order valence-electron chi connectivity index (χ2n) is 3.48. The molecule has 0 fully saturated rings. The molecule has 0 aliphatic carbocycles. The van der Waals surface area contributed by atoms with Gasteiger partial charge >= 0.3 is 0 Å². The predicted octanol–water partition coefficient (Wildman–Crippen LogP) is 3.29. The van der Waals surface area contributed by atoms with Crippen LogP contribution >= 0.6 is 11.8 Å². The van der Waals surface area contributed by atoms with E-state index in [1.807, 2.05) is 11.8 Å². The van der Waals surface area contributed by atoms with E-state index in [-0.39, 0.29) is 0 Å². The minimum atomic E-state index is 0.744. The summed E-state index contributed by atoms with van der Waals surface area (Å²) in [5, 5.41) is 4.23. The Hall–Kier alpha value is -0.630. The zero-order chi connectivity index (χ0) is 9.26. The van der Waals surface area contributed by atoms with Crippen molar-refractivity contribution in [1.29, 1.82) is 0 Å². The molecular weight excluding hydrogens is 178 g/mol. The summed E-state index contributed by atoms with van der Waals surface area (Å²) in [7, 11) is 0. The highest BCUT2D eigenvalue weighted by molar-refractivity contribution is 8.00. The van der Waals surface area contributed by atoms with Crippen molar-refractivity contribution in [3.63, 3.8) is 0 Å². The Morgan fingerprint density at radius 3 is 3.15 bits per heavy atom. The lowest BCUT2D eigenvalue weighted by Gasteiger charge is -2.25. The number of rotatable bonds is 1. The summed E-state index contributed by atoms with van der Waals surface area (Å²) in [4.78, 5) is 1.45. The van der Waals surface area contributed by atoms with Crippen LogP contribution in [-0.4, -0.2) is 11.8 Å². The number of thioether (sulfide) groups is 1. The van der Waals surface area contributed by atoms with E-state index >= 15 is 0 Å². The molecule has 0 amide bonds. The Labute approximate surface area is 83.9 Å². The lowest BCUT2D eigenvalue weighted by atomic mass is 10.2. The van der Waals surface area contributed by atoms with Crippen LogP contribution in [0.15, 0.2) is 23.1 Å². The topological polar surface area (TPSA) is 12.0 Å². The molecule has 0 bridgehead atoms. The predicted molar refractivity (Wildman–Crippen MR) is 59.6 cm³/mol. The molecule has 1 aromatic rings. The summed E-state index contributed by atoms with van der Waals surface area (Å²) >= 11 is 2.02. The van der Waals surface area contributed by atoms with E-state index in [4.69, 9.17) is 0 Å². The number of nitrogens with one attached hydrogen (secondary N) is 1. The van der Waals surface area contributed by atoms with Gasteiger partial charge in [-0.15, -0.1) is 11.8 Å². The third-order valence-electron chi connectivity index (χ3n) is 2.47. The Morgan fingerprint density at radius 2 is 2.38 bits per heavy atom. The van der Waals surface area contributed by atoms with Crippen molar-refractivity contribution >= 4 is 17.4 Å². The van der Waals surface area contributed by atoms with Gasteiger partial charge in [0.15, 0.2) is 0 Å². The summed E-state index contributed by atoms with van der Waals surface area (Å²) < 4.78 is 0. The summed E-state index contributed by atoms with van der Waals surface area (Å²) in [5.41, 5.74) is 2.71. The molecule has 0 aromatic heterocycles. The summed E-state index contributed by atoms with van der Waals surface area (Å²) in [6.45, 7) is 5.55. The maximum absolute atomic E-state index is 3.48. The molecule has 2 rings (SSSR count). The zero-order valence-corrected chi connectivity index (χ0v) is 8.95. The van der Waals surface area contributed by atoms with Crippen molar-refractivity contribution in [3.05, 3.63) is 23.8 Å². The van der Waals surface area contributed by atoms with Crippen LogP contribution < -0.4 is 5.32 Å². The highest BCUT2D eigenvalue weighted by atomic mass is 32.2. The highest BCUT2D eigenvalue weighted by Gasteiger charge is 2.18. The molecule has 1 unspecified atom stereocenters. The fourth-order valence-electron chi connectivity index (χ4n) is 1.61. The van der Waals surface area contributed by atoms with Crippen LogP contribution in [0, 0.1) is 6.92 Å². The van der Waals surface area contributed by atoms with E-state index in [0.717, 1.165) is 11.8 Å². The van der Waals surface area contributed by atoms with Gasteiger partial charge in [0.25, 0.3) is 0 Å². The molecule has 0 saturated carbocycles. The average molecular weight is 193 g/mol. The molecule has 2 heteroatoms. The molecule has 1 N–H and O–H groups in total. The molecule has 70 valence electrons. The second kappa shape index (κ2) is 3.62. The van der Waals surface area contributed by atoms with Crippen molar-refractivity contribution < 1.29 is 0 Å². The van der Waals surface area contributed by atoms with Gasteiger partial charge in [-0.05, 0) is 25.0 Å². The molecule has 1 aromatic carbocycles. The van der Waals surface area contributed by atoms with Gasteiger partial charge in [0, 0.05) is 22.4 Å². The van der Waals surface area contributed by atoms with Crippen LogP contribution in [0.3, 0.4) is 0 Å². The van der Waals surface area contributed by atoms with Crippen molar-refractivity contribution in [3.8, 4) is 0 Å². The standard InChI is InChI=1S/C11H15NS/c1-3-9-7-12-10-6-4-5-8(2)11(10)13-9/h4-6,9,12H,3,7H2,1-2H3. The minimum absolute atomic E-state index is 0.744. The van der Waals surface area contributed by atoms with Gasteiger partial charge < -0.3 is 5.32 Å². The smallest absolute Gasteiger partial charge is 0.0481 e. The summed E-state index contributed by atoms with van der Waals surface area (Å²) in [5.74, 6) is 0. The quantitative estimate of drug-likeness (QED) is 0.734. The first-order chi connectivity index (χ1) is 6.31. The Balaban J connectivity index is 2.32. The number of fused-ring (bicyclic) bond motifs is 1. The van der Waals surface area contributed by atoms with Crippen LogP contribution in [0.5, 0.6) is 0 Å². The largest absolute Gasteiger partial charge is 0.383 e. The van der Waals surface area contributed by atoms with Crippen LogP contribution in [0.1, 0.15) is 18.9 Å². The van der Waals surface area contributed by atoms with Gasteiger partial charge in [0.05, 0.1) is 0 Å². The van der Waals surface area contributed by atoms with Crippen LogP contribution in [-0.2, 0) is 0 Å². The molecule has 0 radical (unpaired) electrons. The highest BCUT2D eigenvalue weighted by Crippen LogP contribution is 2.38. The van der Waals surface area contributed by atoms with Gasteiger partial charge in [0.1, 0.15) is 0 Å². The summed E-state index contributed by atoms with van der Waals surface area (Å²) in [6.07, 6.45) is 1.24. The van der Waals surface area contributed by atoms with E-state index in [2.05, 4.69) is 37.4 Å². The van der Waals surface area contributed by atoms with E-state index in [1.54, 1.807) is 0 Å². The number of anilines is 1. The normalized spacial score (nSPS) is 20.6. The van der Waals surface area contributed by atoms with Crippen molar-refractivity contribution in [2.75, 3.05) is 11.9 Å². The van der Waals surface area contributed by atoms with Gasteiger partial charge in [0.2, 0.25) is 0 Å². The fraction of sp³-hybridized carbons (Fsp3) is 0.455. The second-order valence-corrected chi connectivity index (χ2v) is 4.79. The van der Waals surface area contributed by atoms with Crippen LogP contribution in [0.4, 0.5) is 5.69 Å². The molecule has 1 aliphatic heterocycles. The van der Waals surface area contributed by atoms with Crippen molar-refractivity contribution in [1.82, 2.24) is 0 Å². The molecule has 1 aliphatic rings. The van der Waals surface area contributed by atoms with Gasteiger partial charge in [-0.1, -0.05) is 19.1 Å². The maximum atomic E-state index is 3.48. The lowest BCUT2D eigenvalue weighted by Crippen LogP contribution is -2.20. The first-order valence-electron chi connectivity index (χ1n) is 4.81. The number of aryl methyl sites for hydroxylation is 1. The minimum Gasteiger partial charge on any atom is -0.383 e. The summed E-state index contributed by atoms with van der Waals surface area (Å²) in [6, 6.07) is 6.47. The third-order valence-corrected chi connectivity index (χ3v) is 4.08. The molecule has 13 heavy (non-hydrogen) atoms. The third kappa shape index (κ3) is 1.68. The van der Waals surface area contributed by atoms with E-state index < -0.39 is 0 Å². The monoisotopic (exact) mass is 193 g/mol. The van der Waals surface area contributed by atoms with E-state index in [0.29, 0.717) is 0 Å². The molecule has 0 saturated heterocycles. The van der Waals surface area contributed by atoms with Gasteiger partial charge in [-0.3, -0.25) is 0 Å². The zero-order valence-electron chi connectivity index (χ0n) is 8.13. The van der Waals surface area contributed by atoms with E-state index in [9.17, 15) is 0 Å². The number of hydrogen-bond acceptors (Lipinski definition) is 2. The van der Waals surface area contributed by atoms with E-state index in [1.165, 1.54) is 22.6 Å². The maximum Gasteiger partial charge on any atom is 0.0481 e. The number of hydrogen-bond donors (Lipinski definition) is 1. The Morgan fingerprint density at radius 1 is 1.54 bits per heavy atom. The van der Waals surface area contributed by atoms with Gasteiger partial charge in [-0.2, -0.15) is 0 Å². The average Bonchev–Trinajstić information content (AvgIpc) is 2.18. The van der Waals surface area contributed by atoms with Crippen molar-refractivity contribution in [2.24, 2.45) is 0 Å². The van der Waals surface area contributed by atoms with Gasteiger partial charge in [-0.25, -0.2) is 0 Å².